The molecule has 0 fully saturated rings. The third-order valence-corrected chi connectivity index (χ3v) is 4.12. The molecular formula is C19H17ClN2O2. The molecule has 0 unspecified atom stereocenters. The average Bonchev–Trinajstić information content (AvgIpc) is 2.56. The van der Waals surface area contributed by atoms with E-state index in [0.717, 1.165) is 16.5 Å². The summed E-state index contributed by atoms with van der Waals surface area (Å²) in [5.74, 6) is -0.140. The van der Waals surface area contributed by atoms with E-state index in [9.17, 15) is 9.59 Å². The summed E-state index contributed by atoms with van der Waals surface area (Å²) in [6.45, 7) is 2.31. The molecule has 1 aromatic heterocycles. The standard InChI is InChI=1S/C19H17ClN2O2/c1-12-9-15-10-13(5-6-17(15)22-18(12)23)7-8-21-19(24)14-3-2-4-16(20)11-14/h2-6,9-11H,7-8H2,1H3,(H,21,24)(H,22,23). The molecule has 3 rings (SSSR count). The van der Waals surface area contributed by atoms with Crippen LogP contribution in [0.2, 0.25) is 5.02 Å². The van der Waals surface area contributed by atoms with Crippen LogP contribution in [-0.4, -0.2) is 17.4 Å². The van der Waals surface area contributed by atoms with Crippen molar-refractivity contribution < 1.29 is 4.79 Å². The molecule has 0 atom stereocenters. The van der Waals surface area contributed by atoms with E-state index in [4.69, 9.17) is 11.6 Å². The maximum atomic E-state index is 12.1. The van der Waals surface area contributed by atoms with Crippen LogP contribution in [0.5, 0.6) is 0 Å². The van der Waals surface area contributed by atoms with Gasteiger partial charge in [0.05, 0.1) is 0 Å². The van der Waals surface area contributed by atoms with E-state index in [1.165, 1.54) is 0 Å². The van der Waals surface area contributed by atoms with Gasteiger partial charge in [-0.15, -0.1) is 0 Å². The molecule has 24 heavy (non-hydrogen) atoms. The fourth-order valence-electron chi connectivity index (χ4n) is 2.57. The zero-order chi connectivity index (χ0) is 17.1. The molecule has 0 saturated carbocycles. The van der Waals surface area contributed by atoms with Crippen LogP contribution >= 0.6 is 11.6 Å². The summed E-state index contributed by atoms with van der Waals surface area (Å²) in [5.41, 5.74) is 3.09. The first-order chi connectivity index (χ1) is 11.5. The highest BCUT2D eigenvalue weighted by Crippen LogP contribution is 2.14. The van der Waals surface area contributed by atoms with Gasteiger partial charge in [0.1, 0.15) is 0 Å². The number of hydrogen-bond acceptors (Lipinski definition) is 2. The Morgan fingerprint density at radius 2 is 2.00 bits per heavy atom. The van der Waals surface area contributed by atoms with Crippen LogP contribution in [0, 0.1) is 6.92 Å². The molecule has 4 nitrogen and oxygen atoms in total. The van der Waals surface area contributed by atoms with Crippen LogP contribution < -0.4 is 10.9 Å². The van der Waals surface area contributed by atoms with E-state index >= 15 is 0 Å². The zero-order valence-electron chi connectivity index (χ0n) is 13.2. The van der Waals surface area contributed by atoms with Crippen LogP contribution in [0.15, 0.2) is 53.3 Å². The Hall–Kier alpha value is -2.59. The van der Waals surface area contributed by atoms with Crippen molar-refractivity contribution in [3.05, 3.63) is 80.6 Å². The molecule has 0 radical (unpaired) electrons. The van der Waals surface area contributed by atoms with E-state index in [-0.39, 0.29) is 11.5 Å². The Morgan fingerprint density at radius 1 is 1.17 bits per heavy atom. The highest BCUT2D eigenvalue weighted by atomic mass is 35.5. The summed E-state index contributed by atoms with van der Waals surface area (Å²) >= 11 is 5.89. The summed E-state index contributed by atoms with van der Waals surface area (Å²) < 4.78 is 0. The normalized spacial score (nSPS) is 10.8. The predicted octanol–water partition coefficient (Wildman–Crippen LogP) is 3.46. The van der Waals surface area contributed by atoms with Gasteiger partial charge >= 0.3 is 0 Å². The number of fused-ring (bicyclic) bond motifs is 1. The van der Waals surface area contributed by atoms with E-state index < -0.39 is 0 Å². The van der Waals surface area contributed by atoms with Crippen molar-refractivity contribution in [2.75, 3.05) is 6.54 Å². The van der Waals surface area contributed by atoms with E-state index in [1.54, 1.807) is 31.2 Å². The lowest BCUT2D eigenvalue weighted by Gasteiger charge is -2.07. The molecule has 0 bridgehead atoms. The van der Waals surface area contributed by atoms with Crippen molar-refractivity contribution in [2.24, 2.45) is 0 Å². The summed E-state index contributed by atoms with van der Waals surface area (Å²) in [4.78, 5) is 26.5. The van der Waals surface area contributed by atoms with Gasteiger partial charge in [0, 0.05) is 28.2 Å². The monoisotopic (exact) mass is 340 g/mol. The molecular weight excluding hydrogens is 324 g/mol. The Balaban J connectivity index is 1.66. The Bertz CT molecular complexity index is 963. The average molecular weight is 341 g/mol. The minimum Gasteiger partial charge on any atom is -0.352 e. The number of benzene rings is 2. The van der Waals surface area contributed by atoms with Crippen LogP contribution in [0.4, 0.5) is 0 Å². The number of carbonyl (C=O) groups excluding carboxylic acids is 1. The molecule has 0 spiro atoms. The molecule has 0 aliphatic rings. The molecule has 122 valence electrons. The van der Waals surface area contributed by atoms with Crippen LogP contribution in [-0.2, 0) is 6.42 Å². The first kappa shape index (κ1) is 16.3. The van der Waals surface area contributed by atoms with E-state index in [0.29, 0.717) is 29.1 Å². The smallest absolute Gasteiger partial charge is 0.251 e. The lowest BCUT2D eigenvalue weighted by Crippen LogP contribution is -2.25. The van der Waals surface area contributed by atoms with Gasteiger partial charge in [-0.3, -0.25) is 9.59 Å². The highest BCUT2D eigenvalue weighted by Gasteiger charge is 2.06. The highest BCUT2D eigenvalue weighted by molar-refractivity contribution is 6.30. The Kier molecular flexibility index (Phi) is 4.67. The third kappa shape index (κ3) is 3.66. The van der Waals surface area contributed by atoms with Crippen LogP contribution in [0.25, 0.3) is 10.9 Å². The minimum atomic E-state index is -0.140. The fraction of sp³-hybridized carbons (Fsp3) is 0.158. The molecule has 3 aromatic rings. The summed E-state index contributed by atoms with van der Waals surface area (Å²) in [5, 5.41) is 4.42. The number of aromatic nitrogens is 1. The van der Waals surface area contributed by atoms with Gasteiger partial charge in [-0.2, -0.15) is 0 Å². The molecule has 0 saturated heterocycles. The maximum absolute atomic E-state index is 12.1. The van der Waals surface area contributed by atoms with Crippen molar-refractivity contribution in [2.45, 2.75) is 13.3 Å². The first-order valence-electron chi connectivity index (χ1n) is 7.69. The Morgan fingerprint density at radius 3 is 2.79 bits per heavy atom. The van der Waals surface area contributed by atoms with Gasteiger partial charge < -0.3 is 10.3 Å². The number of H-pyrrole nitrogens is 1. The minimum absolute atomic E-state index is 0.0657. The maximum Gasteiger partial charge on any atom is 0.251 e. The number of pyridine rings is 1. The predicted molar refractivity (Wildman–Crippen MR) is 96.8 cm³/mol. The summed E-state index contributed by atoms with van der Waals surface area (Å²) in [7, 11) is 0. The molecule has 2 aromatic carbocycles. The summed E-state index contributed by atoms with van der Waals surface area (Å²) in [6.07, 6.45) is 0.709. The molecule has 1 amide bonds. The van der Waals surface area contributed by atoms with Crippen molar-refractivity contribution in [1.82, 2.24) is 10.3 Å². The number of nitrogens with one attached hydrogen (secondary N) is 2. The molecule has 0 aliphatic heterocycles. The number of amides is 1. The van der Waals surface area contributed by atoms with E-state index in [1.807, 2.05) is 24.3 Å². The van der Waals surface area contributed by atoms with E-state index in [2.05, 4.69) is 10.3 Å². The van der Waals surface area contributed by atoms with Gasteiger partial charge in [-0.1, -0.05) is 23.7 Å². The number of aromatic amines is 1. The van der Waals surface area contributed by atoms with Crippen LogP contribution in [0.3, 0.4) is 0 Å². The number of aryl methyl sites for hydroxylation is 1. The van der Waals surface area contributed by atoms with Gasteiger partial charge in [0.25, 0.3) is 11.5 Å². The lowest BCUT2D eigenvalue weighted by molar-refractivity contribution is 0.0954. The van der Waals surface area contributed by atoms with Gasteiger partial charge in [-0.25, -0.2) is 0 Å². The number of carbonyl (C=O) groups is 1. The van der Waals surface area contributed by atoms with Gasteiger partial charge in [0.2, 0.25) is 0 Å². The summed E-state index contributed by atoms with van der Waals surface area (Å²) in [6, 6.07) is 14.6. The first-order valence-corrected chi connectivity index (χ1v) is 8.07. The Labute approximate surface area is 144 Å². The second-order valence-corrected chi connectivity index (χ2v) is 6.16. The SMILES string of the molecule is Cc1cc2cc(CCNC(=O)c3cccc(Cl)c3)ccc2[nH]c1=O. The topological polar surface area (TPSA) is 62.0 Å². The lowest BCUT2D eigenvalue weighted by atomic mass is 10.1. The zero-order valence-corrected chi connectivity index (χ0v) is 14.0. The quantitative estimate of drug-likeness (QED) is 0.764. The molecule has 0 aliphatic carbocycles. The number of rotatable bonds is 4. The number of hydrogen-bond donors (Lipinski definition) is 2. The second-order valence-electron chi connectivity index (χ2n) is 5.72. The molecule has 1 heterocycles. The van der Waals surface area contributed by atoms with Crippen LogP contribution in [0.1, 0.15) is 21.5 Å². The molecule has 5 heteroatoms. The fourth-order valence-corrected chi connectivity index (χ4v) is 2.76. The largest absolute Gasteiger partial charge is 0.352 e. The molecule has 2 N–H and O–H groups in total. The van der Waals surface area contributed by atoms with Crippen molar-refractivity contribution >= 4 is 28.4 Å². The van der Waals surface area contributed by atoms with Gasteiger partial charge in [0.15, 0.2) is 0 Å². The van der Waals surface area contributed by atoms with Crippen molar-refractivity contribution in [3.8, 4) is 0 Å². The van der Waals surface area contributed by atoms with Gasteiger partial charge in [-0.05, 0) is 60.7 Å². The van der Waals surface area contributed by atoms with Crippen molar-refractivity contribution in [3.63, 3.8) is 0 Å². The third-order valence-electron chi connectivity index (χ3n) is 3.88. The van der Waals surface area contributed by atoms with Crippen molar-refractivity contribution in [1.29, 1.82) is 0 Å². The second kappa shape index (κ2) is 6.89. The number of halogens is 1.